The third kappa shape index (κ3) is 3.03. The van der Waals surface area contributed by atoms with Gasteiger partial charge in [0, 0.05) is 30.5 Å². The third-order valence-electron chi connectivity index (χ3n) is 3.36. The highest BCUT2D eigenvalue weighted by atomic mass is 16.1. The lowest BCUT2D eigenvalue weighted by Gasteiger charge is -2.08. The Labute approximate surface area is 113 Å². The molecule has 0 unspecified atom stereocenters. The minimum Gasteiger partial charge on any atom is -0.350 e. The highest BCUT2D eigenvalue weighted by Gasteiger charge is 2.06. The van der Waals surface area contributed by atoms with E-state index >= 15 is 0 Å². The van der Waals surface area contributed by atoms with Crippen molar-refractivity contribution in [3.05, 3.63) is 58.9 Å². The van der Waals surface area contributed by atoms with Crippen molar-refractivity contribution in [2.75, 3.05) is 0 Å². The van der Waals surface area contributed by atoms with Gasteiger partial charge in [-0.2, -0.15) is 0 Å². The zero-order valence-electron chi connectivity index (χ0n) is 11.3. The average molecular weight is 257 g/mol. The number of carbonyl (C=O) groups excluding carboxylic acids is 1. The molecule has 0 aliphatic heterocycles. The van der Waals surface area contributed by atoms with E-state index in [2.05, 4.69) is 9.88 Å². The van der Waals surface area contributed by atoms with Crippen molar-refractivity contribution >= 4 is 5.91 Å². The van der Waals surface area contributed by atoms with Gasteiger partial charge < -0.3 is 15.6 Å². The molecule has 2 rings (SSSR count). The van der Waals surface area contributed by atoms with Crippen LogP contribution in [-0.4, -0.2) is 10.5 Å². The van der Waals surface area contributed by atoms with Crippen LogP contribution in [-0.2, 0) is 20.1 Å². The van der Waals surface area contributed by atoms with Crippen LogP contribution >= 0.6 is 0 Å². The van der Waals surface area contributed by atoms with Gasteiger partial charge in [-0.3, -0.25) is 4.79 Å². The second-order valence-corrected chi connectivity index (χ2v) is 4.61. The molecule has 4 nitrogen and oxygen atoms in total. The van der Waals surface area contributed by atoms with E-state index in [1.807, 2.05) is 38.2 Å². The quantitative estimate of drug-likeness (QED) is 0.876. The second-order valence-electron chi connectivity index (χ2n) is 4.61. The van der Waals surface area contributed by atoms with E-state index in [-0.39, 0.29) is 5.91 Å². The maximum absolute atomic E-state index is 12.0. The van der Waals surface area contributed by atoms with Crippen molar-refractivity contribution < 1.29 is 4.79 Å². The summed E-state index contributed by atoms with van der Waals surface area (Å²) in [6.45, 7) is 3.06. The first-order valence-electron chi connectivity index (χ1n) is 6.30. The Bertz CT molecular complexity index is 570. The van der Waals surface area contributed by atoms with Crippen LogP contribution in [0, 0.1) is 6.92 Å². The van der Waals surface area contributed by atoms with Crippen molar-refractivity contribution in [2.24, 2.45) is 12.8 Å². The van der Waals surface area contributed by atoms with Crippen molar-refractivity contribution in [3.63, 3.8) is 0 Å². The van der Waals surface area contributed by atoms with E-state index in [1.54, 1.807) is 12.1 Å². The molecule has 0 saturated carbocycles. The van der Waals surface area contributed by atoms with Gasteiger partial charge in [-0.15, -0.1) is 0 Å². The average Bonchev–Trinajstić information content (AvgIpc) is 2.76. The molecule has 3 N–H and O–H groups in total. The van der Waals surface area contributed by atoms with Crippen LogP contribution < -0.4 is 11.1 Å². The number of aryl methyl sites for hydroxylation is 1. The molecular formula is C15H19N3O. The minimum atomic E-state index is -0.0672. The third-order valence-corrected chi connectivity index (χ3v) is 3.36. The Morgan fingerprint density at radius 2 is 1.89 bits per heavy atom. The maximum atomic E-state index is 12.0. The molecule has 0 spiro atoms. The topological polar surface area (TPSA) is 60.1 Å². The van der Waals surface area contributed by atoms with Gasteiger partial charge in [0.2, 0.25) is 0 Å². The lowest BCUT2D eigenvalue weighted by atomic mass is 10.1. The van der Waals surface area contributed by atoms with Crippen LogP contribution in [0.5, 0.6) is 0 Å². The molecule has 19 heavy (non-hydrogen) atoms. The monoisotopic (exact) mass is 257 g/mol. The maximum Gasteiger partial charge on any atom is 0.251 e. The molecule has 0 radical (unpaired) electrons. The van der Waals surface area contributed by atoms with Crippen LogP contribution in [0.25, 0.3) is 0 Å². The van der Waals surface area contributed by atoms with Crippen LogP contribution in [0.15, 0.2) is 36.4 Å². The molecule has 2 aromatic rings. The molecule has 0 atom stereocenters. The van der Waals surface area contributed by atoms with Gasteiger partial charge in [0.05, 0.1) is 6.54 Å². The Balaban J connectivity index is 1.99. The largest absolute Gasteiger partial charge is 0.350 e. The van der Waals surface area contributed by atoms with Gasteiger partial charge in [-0.25, -0.2) is 0 Å². The van der Waals surface area contributed by atoms with Crippen molar-refractivity contribution in [2.45, 2.75) is 20.0 Å². The number of hydrogen-bond acceptors (Lipinski definition) is 2. The molecule has 1 amide bonds. The molecule has 1 aromatic heterocycles. The molecule has 0 aliphatic rings. The normalized spacial score (nSPS) is 10.5. The van der Waals surface area contributed by atoms with Gasteiger partial charge >= 0.3 is 0 Å². The predicted octanol–water partition coefficient (Wildman–Crippen LogP) is 1.72. The molecule has 0 bridgehead atoms. The summed E-state index contributed by atoms with van der Waals surface area (Å²) in [7, 11) is 1.99. The van der Waals surface area contributed by atoms with E-state index in [9.17, 15) is 4.79 Å². The summed E-state index contributed by atoms with van der Waals surface area (Å²) in [5.74, 6) is -0.0672. The van der Waals surface area contributed by atoms with E-state index < -0.39 is 0 Å². The smallest absolute Gasteiger partial charge is 0.251 e. The molecule has 1 aromatic carbocycles. The number of carbonyl (C=O) groups is 1. The van der Waals surface area contributed by atoms with Crippen LogP contribution in [0.4, 0.5) is 0 Å². The van der Waals surface area contributed by atoms with Gasteiger partial charge in [0.15, 0.2) is 0 Å². The van der Waals surface area contributed by atoms with E-state index in [0.29, 0.717) is 18.7 Å². The van der Waals surface area contributed by atoms with Gasteiger partial charge in [-0.05, 0) is 36.8 Å². The lowest BCUT2D eigenvalue weighted by molar-refractivity contribution is 0.0950. The zero-order valence-corrected chi connectivity index (χ0v) is 11.3. The van der Waals surface area contributed by atoms with E-state index in [1.165, 1.54) is 5.69 Å². The molecule has 100 valence electrons. The Morgan fingerprint density at radius 3 is 2.42 bits per heavy atom. The molecule has 0 aliphatic carbocycles. The van der Waals surface area contributed by atoms with Crippen molar-refractivity contribution in [1.29, 1.82) is 0 Å². The first kappa shape index (κ1) is 13.4. The second kappa shape index (κ2) is 5.71. The fourth-order valence-corrected chi connectivity index (χ4v) is 1.91. The summed E-state index contributed by atoms with van der Waals surface area (Å²) in [5, 5.41) is 2.92. The SMILES string of the molecule is Cc1ccc(CNC(=O)c2ccc(CN)cc2)n1C. The highest BCUT2D eigenvalue weighted by Crippen LogP contribution is 2.07. The number of aromatic nitrogens is 1. The molecule has 0 saturated heterocycles. The number of nitrogens with two attached hydrogens (primary N) is 1. The summed E-state index contributed by atoms with van der Waals surface area (Å²) in [6.07, 6.45) is 0. The minimum absolute atomic E-state index is 0.0672. The number of nitrogens with zero attached hydrogens (tertiary/aromatic N) is 1. The molecule has 4 heteroatoms. The Morgan fingerprint density at radius 1 is 1.21 bits per heavy atom. The zero-order chi connectivity index (χ0) is 13.8. The van der Waals surface area contributed by atoms with Crippen molar-refractivity contribution in [3.8, 4) is 0 Å². The number of nitrogens with one attached hydrogen (secondary N) is 1. The number of rotatable bonds is 4. The standard InChI is InChI=1S/C15H19N3O/c1-11-3-8-14(18(11)2)10-17-15(19)13-6-4-12(9-16)5-7-13/h3-8H,9-10,16H2,1-2H3,(H,17,19). The predicted molar refractivity (Wildman–Crippen MR) is 75.7 cm³/mol. The first-order valence-corrected chi connectivity index (χ1v) is 6.30. The first-order chi connectivity index (χ1) is 9.11. The van der Waals surface area contributed by atoms with Crippen LogP contribution in [0.3, 0.4) is 0 Å². The van der Waals surface area contributed by atoms with Crippen LogP contribution in [0.2, 0.25) is 0 Å². The number of hydrogen-bond donors (Lipinski definition) is 2. The Hall–Kier alpha value is -2.07. The highest BCUT2D eigenvalue weighted by molar-refractivity contribution is 5.94. The number of amides is 1. The fraction of sp³-hybridized carbons (Fsp3) is 0.267. The summed E-state index contributed by atoms with van der Waals surface area (Å²) in [4.78, 5) is 12.0. The fourth-order valence-electron chi connectivity index (χ4n) is 1.91. The summed E-state index contributed by atoms with van der Waals surface area (Å²) < 4.78 is 2.07. The molecule has 0 fully saturated rings. The van der Waals surface area contributed by atoms with E-state index in [4.69, 9.17) is 5.73 Å². The van der Waals surface area contributed by atoms with Gasteiger partial charge in [-0.1, -0.05) is 12.1 Å². The summed E-state index contributed by atoms with van der Waals surface area (Å²) in [6, 6.07) is 11.4. The van der Waals surface area contributed by atoms with Crippen LogP contribution in [0.1, 0.15) is 27.3 Å². The number of benzene rings is 1. The van der Waals surface area contributed by atoms with Gasteiger partial charge in [0.1, 0.15) is 0 Å². The summed E-state index contributed by atoms with van der Waals surface area (Å²) in [5.41, 5.74) is 9.47. The molecule has 1 heterocycles. The summed E-state index contributed by atoms with van der Waals surface area (Å²) >= 11 is 0. The van der Waals surface area contributed by atoms with Gasteiger partial charge in [0.25, 0.3) is 5.91 Å². The lowest BCUT2D eigenvalue weighted by Crippen LogP contribution is -2.24. The van der Waals surface area contributed by atoms with Crippen molar-refractivity contribution in [1.82, 2.24) is 9.88 Å². The Kier molecular flexibility index (Phi) is 4.02. The molecular weight excluding hydrogens is 238 g/mol. The van der Waals surface area contributed by atoms with E-state index in [0.717, 1.165) is 11.3 Å².